The van der Waals surface area contributed by atoms with Gasteiger partial charge in [-0.1, -0.05) is 18.2 Å². The molecule has 1 amide bonds. The van der Waals surface area contributed by atoms with Crippen LogP contribution in [0.4, 0.5) is 0 Å². The lowest BCUT2D eigenvalue weighted by Gasteiger charge is -2.01. The highest BCUT2D eigenvalue weighted by Gasteiger charge is 2.11. The second-order valence-electron chi connectivity index (χ2n) is 6.36. The van der Waals surface area contributed by atoms with E-state index in [-0.39, 0.29) is 5.91 Å². The van der Waals surface area contributed by atoms with Gasteiger partial charge in [0, 0.05) is 54.7 Å². The molecule has 3 heterocycles. The van der Waals surface area contributed by atoms with E-state index >= 15 is 0 Å². The Labute approximate surface area is 168 Å². The van der Waals surface area contributed by atoms with Crippen molar-refractivity contribution in [2.75, 3.05) is 0 Å². The van der Waals surface area contributed by atoms with Crippen LogP contribution in [-0.4, -0.2) is 25.7 Å². The van der Waals surface area contributed by atoms with Gasteiger partial charge in [0.1, 0.15) is 5.69 Å². The molecule has 0 atom stereocenters. The fourth-order valence-electron chi connectivity index (χ4n) is 2.86. The van der Waals surface area contributed by atoms with Crippen LogP contribution in [0.15, 0.2) is 91.7 Å². The fourth-order valence-corrected chi connectivity index (χ4v) is 2.86. The maximum Gasteiger partial charge on any atom is 0.244 e. The maximum absolute atomic E-state index is 12.3. The number of hydrogen-bond donors (Lipinski definition) is 1. The van der Waals surface area contributed by atoms with Gasteiger partial charge < -0.3 is 5.32 Å². The van der Waals surface area contributed by atoms with Crippen molar-refractivity contribution >= 4 is 12.0 Å². The van der Waals surface area contributed by atoms with Crippen molar-refractivity contribution in [1.82, 2.24) is 25.1 Å². The molecular formula is C23H19N5O. The van der Waals surface area contributed by atoms with E-state index in [1.54, 1.807) is 35.5 Å². The van der Waals surface area contributed by atoms with E-state index in [0.29, 0.717) is 6.54 Å². The standard InChI is InChI=1S/C23H19N5O/c29-22(26-15-18-10-13-24-14-11-18)9-8-20-17-28(21-6-2-1-3-7-21)27-23(20)19-5-4-12-25-16-19/h1-14,16-17H,15H2,(H,26,29)/b9-8+. The third-order valence-electron chi connectivity index (χ3n) is 4.33. The zero-order valence-corrected chi connectivity index (χ0v) is 15.6. The first kappa shape index (κ1) is 18.3. The van der Waals surface area contributed by atoms with Crippen LogP contribution in [0.3, 0.4) is 0 Å². The highest BCUT2D eigenvalue weighted by Crippen LogP contribution is 2.24. The van der Waals surface area contributed by atoms with Gasteiger partial charge >= 0.3 is 0 Å². The van der Waals surface area contributed by atoms with Crippen LogP contribution in [0.1, 0.15) is 11.1 Å². The third-order valence-corrected chi connectivity index (χ3v) is 4.33. The normalized spacial score (nSPS) is 10.9. The summed E-state index contributed by atoms with van der Waals surface area (Å²) in [6.07, 6.45) is 12.1. The van der Waals surface area contributed by atoms with Gasteiger partial charge in [-0.2, -0.15) is 5.10 Å². The average molecular weight is 381 g/mol. The second kappa shape index (κ2) is 8.75. The first-order valence-electron chi connectivity index (χ1n) is 9.20. The number of amides is 1. The number of para-hydroxylation sites is 1. The Morgan fingerprint density at radius 1 is 0.966 bits per heavy atom. The molecule has 0 bridgehead atoms. The molecule has 0 fully saturated rings. The summed E-state index contributed by atoms with van der Waals surface area (Å²) in [6.45, 7) is 0.449. The number of carbonyl (C=O) groups is 1. The lowest BCUT2D eigenvalue weighted by molar-refractivity contribution is -0.116. The van der Waals surface area contributed by atoms with Crippen LogP contribution in [0, 0.1) is 0 Å². The number of nitrogens with zero attached hydrogens (tertiary/aromatic N) is 4. The number of carbonyl (C=O) groups excluding carboxylic acids is 1. The van der Waals surface area contributed by atoms with Crippen LogP contribution >= 0.6 is 0 Å². The van der Waals surface area contributed by atoms with E-state index in [1.165, 1.54) is 6.08 Å². The molecule has 0 spiro atoms. The van der Waals surface area contributed by atoms with Crippen molar-refractivity contribution < 1.29 is 4.79 Å². The molecule has 3 aromatic heterocycles. The number of rotatable bonds is 6. The molecule has 6 heteroatoms. The van der Waals surface area contributed by atoms with Gasteiger partial charge in [0.05, 0.1) is 5.69 Å². The third kappa shape index (κ3) is 4.62. The van der Waals surface area contributed by atoms with E-state index in [2.05, 4.69) is 15.3 Å². The van der Waals surface area contributed by atoms with Crippen molar-refractivity contribution in [3.63, 3.8) is 0 Å². The molecule has 0 saturated heterocycles. The molecule has 0 unspecified atom stereocenters. The molecular weight excluding hydrogens is 362 g/mol. The molecule has 0 radical (unpaired) electrons. The van der Waals surface area contributed by atoms with Crippen molar-refractivity contribution in [2.24, 2.45) is 0 Å². The minimum Gasteiger partial charge on any atom is -0.348 e. The molecule has 142 valence electrons. The van der Waals surface area contributed by atoms with Gasteiger partial charge in [0.15, 0.2) is 0 Å². The van der Waals surface area contributed by atoms with Crippen molar-refractivity contribution in [1.29, 1.82) is 0 Å². The van der Waals surface area contributed by atoms with Crippen molar-refractivity contribution in [3.8, 4) is 16.9 Å². The molecule has 4 aromatic rings. The number of hydrogen-bond acceptors (Lipinski definition) is 4. The summed E-state index contributed by atoms with van der Waals surface area (Å²) in [6, 6.07) is 17.4. The molecule has 0 saturated carbocycles. The summed E-state index contributed by atoms with van der Waals surface area (Å²) in [5.41, 5.74) is 4.43. The van der Waals surface area contributed by atoms with Gasteiger partial charge in [-0.15, -0.1) is 0 Å². The number of nitrogens with one attached hydrogen (secondary N) is 1. The van der Waals surface area contributed by atoms with Gasteiger partial charge in [0.2, 0.25) is 5.91 Å². The molecule has 1 aromatic carbocycles. The topological polar surface area (TPSA) is 72.7 Å². The minimum atomic E-state index is -0.175. The highest BCUT2D eigenvalue weighted by molar-refractivity contribution is 5.92. The Bertz CT molecular complexity index is 1110. The summed E-state index contributed by atoms with van der Waals surface area (Å²) in [5, 5.41) is 7.58. The lowest BCUT2D eigenvalue weighted by atomic mass is 10.1. The fraction of sp³-hybridized carbons (Fsp3) is 0.0435. The predicted molar refractivity (Wildman–Crippen MR) is 112 cm³/mol. The number of pyridine rings is 2. The molecule has 0 aliphatic carbocycles. The molecule has 0 aliphatic rings. The Hall–Kier alpha value is -4.06. The predicted octanol–water partition coefficient (Wildman–Crippen LogP) is 3.66. The first-order chi connectivity index (χ1) is 14.3. The molecule has 6 nitrogen and oxygen atoms in total. The Morgan fingerprint density at radius 3 is 2.55 bits per heavy atom. The molecule has 4 rings (SSSR count). The zero-order chi connectivity index (χ0) is 19.9. The van der Waals surface area contributed by atoms with E-state index < -0.39 is 0 Å². The van der Waals surface area contributed by atoms with E-state index in [4.69, 9.17) is 5.10 Å². The molecule has 0 aliphatic heterocycles. The SMILES string of the molecule is O=C(/C=C/c1cn(-c2ccccc2)nc1-c1cccnc1)NCc1ccncc1. The summed E-state index contributed by atoms with van der Waals surface area (Å²) >= 11 is 0. The smallest absolute Gasteiger partial charge is 0.244 e. The minimum absolute atomic E-state index is 0.175. The molecule has 29 heavy (non-hydrogen) atoms. The Kier molecular flexibility index (Phi) is 5.53. The van der Waals surface area contributed by atoms with Crippen molar-refractivity contribution in [2.45, 2.75) is 6.54 Å². The summed E-state index contributed by atoms with van der Waals surface area (Å²) in [7, 11) is 0. The number of benzene rings is 1. The van der Waals surface area contributed by atoms with Crippen LogP contribution in [-0.2, 0) is 11.3 Å². The van der Waals surface area contributed by atoms with Gasteiger partial charge in [0.25, 0.3) is 0 Å². The monoisotopic (exact) mass is 381 g/mol. The largest absolute Gasteiger partial charge is 0.348 e. The van der Waals surface area contributed by atoms with Gasteiger partial charge in [-0.25, -0.2) is 4.68 Å². The Balaban J connectivity index is 1.57. The summed E-state index contributed by atoms with van der Waals surface area (Å²) in [5.74, 6) is -0.175. The zero-order valence-electron chi connectivity index (χ0n) is 15.6. The van der Waals surface area contributed by atoms with Crippen LogP contribution in [0.2, 0.25) is 0 Å². The van der Waals surface area contributed by atoms with E-state index in [1.807, 2.05) is 60.8 Å². The van der Waals surface area contributed by atoms with E-state index in [9.17, 15) is 4.79 Å². The van der Waals surface area contributed by atoms with Gasteiger partial charge in [-0.05, 0) is 48.0 Å². The van der Waals surface area contributed by atoms with Gasteiger partial charge in [-0.3, -0.25) is 14.8 Å². The summed E-state index contributed by atoms with van der Waals surface area (Å²) < 4.78 is 1.80. The highest BCUT2D eigenvalue weighted by atomic mass is 16.1. The first-order valence-corrected chi connectivity index (χ1v) is 9.20. The molecule has 1 N–H and O–H groups in total. The summed E-state index contributed by atoms with van der Waals surface area (Å²) in [4.78, 5) is 20.4. The Morgan fingerprint density at radius 2 is 1.79 bits per heavy atom. The maximum atomic E-state index is 12.3. The average Bonchev–Trinajstić information content (AvgIpc) is 3.22. The number of aromatic nitrogens is 4. The second-order valence-corrected chi connectivity index (χ2v) is 6.36. The quantitative estimate of drug-likeness (QED) is 0.518. The van der Waals surface area contributed by atoms with Crippen molar-refractivity contribution in [3.05, 3.63) is 103 Å². The van der Waals surface area contributed by atoms with Crippen LogP contribution in [0.5, 0.6) is 0 Å². The van der Waals surface area contributed by atoms with Crippen LogP contribution in [0.25, 0.3) is 23.0 Å². The van der Waals surface area contributed by atoms with Crippen LogP contribution < -0.4 is 5.32 Å². The lowest BCUT2D eigenvalue weighted by Crippen LogP contribution is -2.20. The van der Waals surface area contributed by atoms with E-state index in [0.717, 1.165) is 28.1 Å².